The van der Waals surface area contributed by atoms with Gasteiger partial charge in [0.1, 0.15) is 12.4 Å². The zero-order valence-electron chi connectivity index (χ0n) is 20.6. The highest BCUT2D eigenvalue weighted by Gasteiger charge is 2.22. The molecule has 0 bridgehead atoms. The van der Waals surface area contributed by atoms with Gasteiger partial charge in [-0.05, 0) is 60.7 Å². The Morgan fingerprint density at radius 1 is 1.00 bits per heavy atom. The fraction of sp³-hybridized carbons (Fsp3) is 0.179. The molecule has 0 spiro atoms. The van der Waals surface area contributed by atoms with Crippen LogP contribution in [-0.4, -0.2) is 49.5 Å². The van der Waals surface area contributed by atoms with E-state index in [1.54, 1.807) is 12.1 Å². The van der Waals surface area contributed by atoms with Crippen LogP contribution in [0.5, 0.6) is 0 Å². The van der Waals surface area contributed by atoms with Crippen LogP contribution in [0.4, 0.5) is 26.6 Å². The Balaban J connectivity index is 1.33. The lowest BCUT2D eigenvalue weighted by molar-refractivity contribution is -0.114. The van der Waals surface area contributed by atoms with E-state index in [0.29, 0.717) is 16.5 Å². The molecule has 5 rings (SSSR count). The molecule has 1 saturated heterocycles. The molecule has 1 aliphatic heterocycles. The number of nitrogen functional groups attached to an aromatic ring is 1. The molecule has 0 unspecified atom stereocenters. The van der Waals surface area contributed by atoms with E-state index in [1.807, 2.05) is 41.8 Å². The topological polar surface area (TPSA) is 104 Å². The smallest absolute Gasteiger partial charge is 0.258 e. The molecule has 0 saturated carbocycles. The van der Waals surface area contributed by atoms with Gasteiger partial charge in [-0.1, -0.05) is 12.1 Å². The van der Waals surface area contributed by atoms with Gasteiger partial charge in [0, 0.05) is 59.7 Å². The van der Waals surface area contributed by atoms with E-state index in [1.165, 1.54) is 40.5 Å². The average molecular weight is 531 g/mol. The number of piperazine rings is 1. The molecule has 1 aromatic heterocycles. The van der Waals surface area contributed by atoms with Crippen LogP contribution in [0, 0.1) is 5.82 Å². The molecule has 3 aromatic carbocycles. The molecule has 2 amide bonds. The van der Waals surface area contributed by atoms with Crippen molar-refractivity contribution >= 4 is 45.3 Å². The highest BCUT2D eigenvalue weighted by atomic mass is 32.1. The lowest BCUT2D eigenvalue weighted by atomic mass is 10.1. The highest BCUT2D eigenvalue weighted by molar-refractivity contribution is 7.13. The molecule has 38 heavy (non-hydrogen) atoms. The summed E-state index contributed by atoms with van der Waals surface area (Å²) in [4.78, 5) is 34.4. The Hall–Kier alpha value is -4.28. The lowest BCUT2D eigenvalue weighted by Gasteiger charge is -2.30. The van der Waals surface area contributed by atoms with Crippen molar-refractivity contribution in [3.63, 3.8) is 0 Å². The van der Waals surface area contributed by atoms with Crippen LogP contribution in [0.2, 0.25) is 0 Å². The van der Waals surface area contributed by atoms with Crippen molar-refractivity contribution in [1.82, 2.24) is 10.3 Å². The molecular formula is C28H27FN6O2S. The molecule has 1 aliphatic rings. The molecule has 1 fully saturated rings. The number of thiazole rings is 1. The number of rotatable bonds is 7. The third kappa shape index (κ3) is 5.99. The van der Waals surface area contributed by atoms with Crippen molar-refractivity contribution in [1.29, 1.82) is 0 Å². The van der Waals surface area contributed by atoms with Crippen molar-refractivity contribution in [3.8, 4) is 11.3 Å². The van der Waals surface area contributed by atoms with E-state index in [4.69, 9.17) is 5.73 Å². The van der Waals surface area contributed by atoms with Crippen molar-refractivity contribution < 1.29 is 14.0 Å². The molecule has 0 radical (unpaired) electrons. The minimum Gasteiger partial charge on any atom is -0.375 e. The number of carbonyl (C=O) groups is 2. The summed E-state index contributed by atoms with van der Waals surface area (Å²) in [6, 6.07) is 20.1. The molecule has 4 N–H and O–H groups in total. The van der Waals surface area contributed by atoms with Crippen LogP contribution in [0.1, 0.15) is 10.4 Å². The van der Waals surface area contributed by atoms with Gasteiger partial charge in [0.2, 0.25) is 5.91 Å². The summed E-state index contributed by atoms with van der Waals surface area (Å²) in [5.41, 5.74) is 9.88. The zero-order chi connectivity index (χ0) is 26.5. The minimum atomic E-state index is -0.435. The highest BCUT2D eigenvalue weighted by Crippen LogP contribution is 2.25. The first kappa shape index (κ1) is 25.4. The number of carbonyl (C=O) groups excluding carboxylic acids is 2. The van der Waals surface area contributed by atoms with Crippen LogP contribution in [0.3, 0.4) is 0 Å². The average Bonchev–Trinajstić information content (AvgIpc) is 3.39. The van der Waals surface area contributed by atoms with Gasteiger partial charge in [0.25, 0.3) is 5.91 Å². The number of amides is 2. The SMILES string of the molecule is Nc1nc(-c2ccc(NC(=O)CN(C(=O)c3ccc(F)cc3)c3ccc(N4CCNCC4)cc3)cc2)cs1. The maximum Gasteiger partial charge on any atom is 0.258 e. The number of benzene rings is 3. The third-order valence-corrected chi connectivity index (χ3v) is 6.94. The predicted molar refractivity (Wildman–Crippen MR) is 150 cm³/mol. The number of anilines is 4. The second-order valence-electron chi connectivity index (χ2n) is 8.85. The summed E-state index contributed by atoms with van der Waals surface area (Å²) in [7, 11) is 0. The quantitative estimate of drug-likeness (QED) is 0.331. The van der Waals surface area contributed by atoms with E-state index in [9.17, 15) is 14.0 Å². The van der Waals surface area contributed by atoms with Crippen molar-refractivity contribution in [2.45, 2.75) is 0 Å². The van der Waals surface area contributed by atoms with Crippen LogP contribution in [0.25, 0.3) is 11.3 Å². The Morgan fingerprint density at radius 2 is 1.68 bits per heavy atom. The van der Waals surface area contributed by atoms with E-state index >= 15 is 0 Å². The van der Waals surface area contributed by atoms with Gasteiger partial charge in [0.15, 0.2) is 5.13 Å². The number of nitrogens with two attached hydrogens (primary N) is 1. The molecule has 0 aliphatic carbocycles. The standard InChI is InChI=1S/C28H27FN6O2S/c29-21-5-1-20(2-6-21)27(37)35(24-11-9-23(10-12-24)34-15-13-31-14-16-34)17-26(36)32-22-7-3-19(4-8-22)25-18-38-28(30)33-25/h1-12,18,31H,13-17H2,(H2,30,33)(H,32,36). The van der Waals surface area contributed by atoms with Gasteiger partial charge in [-0.25, -0.2) is 9.37 Å². The van der Waals surface area contributed by atoms with Gasteiger partial charge in [-0.3, -0.25) is 14.5 Å². The monoisotopic (exact) mass is 530 g/mol. The zero-order valence-corrected chi connectivity index (χ0v) is 21.4. The molecular weight excluding hydrogens is 503 g/mol. The molecule has 194 valence electrons. The van der Waals surface area contributed by atoms with Crippen molar-refractivity contribution in [2.24, 2.45) is 0 Å². The number of nitrogens with zero attached hydrogens (tertiary/aromatic N) is 3. The number of hydrogen-bond donors (Lipinski definition) is 3. The number of nitrogens with one attached hydrogen (secondary N) is 2. The van der Waals surface area contributed by atoms with Gasteiger partial charge in [-0.2, -0.15) is 0 Å². The summed E-state index contributed by atoms with van der Waals surface area (Å²) >= 11 is 1.36. The molecule has 8 nitrogen and oxygen atoms in total. The second-order valence-corrected chi connectivity index (χ2v) is 9.74. The van der Waals surface area contributed by atoms with Crippen LogP contribution in [0.15, 0.2) is 78.2 Å². The Labute approximate surface area is 223 Å². The second kappa shape index (κ2) is 11.4. The van der Waals surface area contributed by atoms with Crippen LogP contribution < -0.4 is 26.2 Å². The molecule has 0 atom stereocenters. The maximum absolute atomic E-state index is 13.5. The van der Waals surface area contributed by atoms with E-state index in [2.05, 4.69) is 20.5 Å². The van der Waals surface area contributed by atoms with Gasteiger partial charge in [-0.15, -0.1) is 11.3 Å². The van der Waals surface area contributed by atoms with Crippen molar-refractivity contribution in [2.75, 3.05) is 53.6 Å². The largest absolute Gasteiger partial charge is 0.375 e. The summed E-state index contributed by atoms with van der Waals surface area (Å²) in [5.74, 6) is -1.20. The van der Waals surface area contributed by atoms with Gasteiger partial charge in [0.05, 0.1) is 5.69 Å². The summed E-state index contributed by atoms with van der Waals surface area (Å²) in [5, 5.41) is 8.55. The normalized spacial score (nSPS) is 13.2. The number of halogens is 1. The van der Waals surface area contributed by atoms with E-state index in [-0.39, 0.29) is 18.0 Å². The fourth-order valence-corrected chi connectivity index (χ4v) is 4.86. The Kier molecular flexibility index (Phi) is 7.62. The lowest BCUT2D eigenvalue weighted by Crippen LogP contribution is -2.43. The minimum absolute atomic E-state index is 0.215. The first-order valence-corrected chi connectivity index (χ1v) is 13.1. The van der Waals surface area contributed by atoms with Gasteiger partial charge < -0.3 is 21.3 Å². The van der Waals surface area contributed by atoms with E-state index in [0.717, 1.165) is 43.1 Å². The van der Waals surface area contributed by atoms with Crippen LogP contribution in [-0.2, 0) is 4.79 Å². The summed E-state index contributed by atoms with van der Waals surface area (Å²) < 4.78 is 13.5. The molecule has 10 heteroatoms. The van der Waals surface area contributed by atoms with Gasteiger partial charge >= 0.3 is 0 Å². The number of hydrogen-bond acceptors (Lipinski definition) is 7. The first-order chi connectivity index (χ1) is 18.5. The summed E-state index contributed by atoms with van der Waals surface area (Å²) in [6.45, 7) is 3.41. The molecule has 2 heterocycles. The predicted octanol–water partition coefficient (Wildman–Crippen LogP) is 4.23. The maximum atomic E-state index is 13.5. The Bertz CT molecular complexity index is 1400. The van der Waals surface area contributed by atoms with Crippen molar-refractivity contribution in [3.05, 3.63) is 89.6 Å². The number of aromatic nitrogens is 1. The molecule has 4 aromatic rings. The Morgan fingerprint density at radius 3 is 2.32 bits per heavy atom. The fourth-order valence-electron chi connectivity index (χ4n) is 4.28. The third-order valence-electron chi connectivity index (χ3n) is 6.27. The van der Waals surface area contributed by atoms with Crippen LogP contribution >= 0.6 is 11.3 Å². The van der Waals surface area contributed by atoms with E-state index < -0.39 is 11.7 Å². The summed E-state index contributed by atoms with van der Waals surface area (Å²) in [6.07, 6.45) is 0. The first-order valence-electron chi connectivity index (χ1n) is 12.2.